The van der Waals surface area contributed by atoms with Crippen LogP contribution in [0.5, 0.6) is 0 Å². The Bertz CT molecular complexity index is 446. The van der Waals surface area contributed by atoms with Crippen LogP contribution in [0, 0.1) is 0 Å². The molecule has 0 radical (unpaired) electrons. The second-order valence-corrected chi connectivity index (χ2v) is 5.84. The van der Waals surface area contributed by atoms with Gasteiger partial charge in [-0.3, -0.25) is 5.32 Å². The van der Waals surface area contributed by atoms with Crippen LogP contribution in [0.2, 0.25) is 0 Å². The Morgan fingerprint density at radius 2 is 1.84 bits per heavy atom. The van der Waals surface area contributed by atoms with Crippen LogP contribution in [-0.4, -0.2) is 24.8 Å². The highest BCUT2D eigenvalue weighted by molar-refractivity contribution is 5.90. The molecule has 1 aliphatic rings. The summed E-state index contributed by atoms with van der Waals surface area (Å²) in [6.45, 7) is 7.68. The Morgan fingerprint density at radius 1 is 1.21 bits per heavy atom. The van der Waals surface area contributed by atoms with Gasteiger partial charge in [-0.05, 0) is 45.7 Å². The molecule has 0 saturated carbocycles. The molecule has 4 nitrogen and oxygen atoms in total. The molecule has 19 heavy (non-hydrogen) atoms. The van der Waals surface area contributed by atoms with E-state index in [1.807, 2.05) is 45.0 Å². The van der Waals surface area contributed by atoms with Crippen LogP contribution in [0.15, 0.2) is 24.3 Å². The Balaban J connectivity index is 2.09. The van der Waals surface area contributed by atoms with Crippen molar-refractivity contribution in [2.75, 3.05) is 23.3 Å². The first-order valence-electron chi connectivity index (χ1n) is 6.80. The molecule has 1 saturated heterocycles. The van der Waals surface area contributed by atoms with E-state index in [1.165, 1.54) is 12.8 Å². The lowest BCUT2D eigenvalue weighted by Crippen LogP contribution is -2.28. The number of benzene rings is 1. The van der Waals surface area contributed by atoms with E-state index in [0.29, 0.717) is 0 Å². The van der Waals surface area contributed by atoms with Gasteiger partial charge < -0.3 is 9.64 Å². The number of hydrogen-bond donors (Lipinski definition) is 1. The quantitative estimate of drug-likeness (QED) is 0.884. The van der Waals surface area contributed by atoms with Crippen molar-refractivity contribution in [3.05, 3.63) is 24.3 Å². The van der Waals surface area contributed by atoms with Crippen molar-refractivity contribution < 1.29 is 9.53 Å². The number of hydrogen-bond acceptors (Lipinski definition) is 3. The van der Waals surface area contributed by atoms with Gasteiger partial charge in [-0.2, -0.15) is 0 Å². The maximum atomic E-state index is 11.8. The van der Waals surface area contributed by atoms with Crippen LogP contribution in [0.3, 0.4) is 0 Å². The highest BCUT2D eigenvalue weighted by Crippen LogP contribution is 2.28. The van der Waals surface area contributed by atoms with E-state index >= 15 is 0 Å². The zero-order valence-corrected chi connectivity index (χ0v) is 11.9. The molecule has 0 aliphatic carbocycles. The summed E-state index contributed by atoms with van der Waals surface area (Å²) < 4.78 is 5.29. The minimum Gasteiger partial charge on any atom is -0.444 e. The van der Waals surface area contributed by atoms with Gasteiger partial charge in [0.1, 0.15) is 5.60 Å². The number of rotatable bonds is 2. The summed E-state index contributed by atoms with van der Waals surface area (Å²) in [5.74, 6) is 0. The average Bonchev–Trinajstić information content (AvgIpc) is 2.80. The third kappa shape index (κ3) is 3.88. The summed E-state index contributed by atoms with van der Waals surface area (Å²) in [7, 11) is 0. The predicted octanol–water partition coefficient (Wildman–Crippen LogP) is 3.63. The summed E-state index contributed by atoms with van der Waals surface area (Å²) in [6.07, 6.45) is 2.01. The monoisotopic (exact) mass is 262 g/mol. The van der Waals surface area contributed by atoms with Crippen molar-refractivity contribution in [3.8, 4) is 0 Å². The van der Waals surface area contributed by atoms with E-state index < -0.39 is 11.7 Å². The van der Waals surface area contributed by atoms with Crippen LogP contribution in [-0.2, 0) is 4.74 Å². The molecule has 1 aliphatic heterocycles. The van der Waals surface area contributed by atoms with E-state index in [2.05, 4.69) is 10.2 Å². The summed E-state index contributed by atoms with van der Waals surface area (Å²) in [6, 6.07) is 7.87. The molecule has 0 atom stereocenters. The lowest BCUT2D eigenvalue weighted by atomic mass is 10.2. The van der Waals surface area contributed by atoms with Gasteiger partial charge in [-0.1, -0.05) is 12.1 Å². The average molecular weight is 262 g/mol. The normalized spacial score (nSPS) is 15.4. The first-order chi connectivity index (χ1) is 8.96. The highest BCUT2D eigenvalue weighted by Gasteiger charge is 2.19. The molecular formula is C15H22N2O2. The molecule has 4 heteroatoms. The summed E-state index contributed by atoms with van der Waals surface area (Å²) in [4.78, 5) is 14.1. The van der Waals surface area contributed by atoms with Crippen LogP contribution in [0.1, 0.15) is 33.6 Å². The van der Waals surface area contributed by atoms with Gasteiger partial charge in [0.25, 0.3) is 0 Å². The highest BCUT2D eigenvalue weighted by atomic mass is 16.6. The molecule has 0 unspecified atom stereocenters. The van der Waals surface area contributed by atoms with Crippen molar-refractivity contribution in [2.45, 2.75) is 39.2 Å². The van der Waals surface area contributed by atoms with Crippen LogP contribution in [0.4, 0.5) is 16.2 Å². The van der Waals surface area contributed by atoms with Crippen molar-refractivity contribution >= 4 is 17.5 Å². The Hall–Kier alpha value is -1.71. The fraction of sp³-hybridized carbons (Fsp3) is 0.533. The van der Waals surface area contributed by atoms with Crippen LogP contribution in [0.25, 0.3) is 0 Å². The van der Waals surface area contributed by atoms with Gasteiger partial charge in [0.15, 0.2) is 0 Å². The molecule has 1 aromatic rings. The number of para-hydroxylation sites is 2. The summed E-state index contributed by atoms with van der Waals surface area (Å²) in [5.41, 5.74) is 1.41. The molecule has 2 rings (SSSR count). The van der Waals surface area contributed by atoms with E-state index in [9.17, 15) is 4.79 Å². The first kappa shape index (κ1) is 13.7. The number of nitrogens with one attached hydrogen (secondary N) is 1. The molecule has 0 bridgehead atoms. The molecule has 104 valence electrons. The molecule has 0 aromatic heterocycles. The van der Waals surface area contributed by atoms with Crippen LogP contribution >= 0.6 is 0 Å². The van der Waals surface area contributed by atoms with E-state index in [-0.39, 0.29) is 0 Å². The maximum absolute atomic E-state index is 11.8. The minimum absolute atomic E-state index is 0.404. The van der Waals surface area contributed by atoms with E-state index in [4.69, 9.17) is 4.74 Å². The molecule has 1 heterocycles. The van der Waals surface area contributed by atoms with Gasteiger partial charge in [-0.15, -0.1) is 0 Å². The second-order valence-electron chi connectivity index (χ2n) is 5.84. The fourth-order valence-corrected chi connectivity index (χ4v) is 2.23. The van der Waals surface area contributed by atoms with Crippen LogP contribution < -0.4 is 10.2 Å². The Kier molecular flexibility index (Phi) is 3.98. The minimum atomic E-state index is -0.479. The molecule has 1 aromatic carbocycles. The van der Waals surface area contributed by atoms with Gasteiger partial charge in [0.2, 0.25) is 0 Å². The fourth-order valence-electron chi connectivity index (χ4n) is 2.23. The standard InChI is InChI=1S/C15H22N2O2/c1-15(2,3)19-14(18)16-12-8-4-5-9-13(12)17-10-6-7-11-17/h4-5,8-9H,6-7,10-11H2,1-3H3,(H,16,18). The van der Waals surface area contributed by atoms with Gasteiger partial charge in [0, 0.05) is 13.1 Å². The summed E-state index contributed by atoms with van der Waals surface area (Å²) >= 11 is 0. The third-order valence-electron chi connectivity index (χ3n) is 2.99. The summed E-state index contributed by atoms with van der Waals surface area (Å²) in [5, 5.41) is 2.84. The van der Waals surface area contributed by atoms with E-state index in [0.717, 1.165) is 24.5 Å². The van der Waals surface area contributed by atoms with E-state index in [1.54, 1.807) is 0 Å². The molecule has 0 spiro atoms. The SMILES string of the molecule is CC(C)(C)OC(=O)Nc1ccccc1N1CCCC1. The largest absolute Gasteiger partial charge is 0.444 e. The number of carbonyl (C=O) groups excluding carboxylic acids is 1. The zero-order chi connectivity index (χ0) is 13.9. The first-order valence-corrected chi connectivity index (χ1v) is 6.80. The topological polar surface area (TPSA) is 41.6 Å². The predicted molar refractivity (Wildman–Crippen MR) is 77.7 cm³/mol. The number of amides is 1. The molecule has 1 N–H and O–H groups in total. The van der Waals surface area contributed by atoms with Crippen molar-refractivity contribution in [2.24, 2.45) is 0 Å². The second kappa shape index (κ2) is 5.51. The smallest absolute Gasteiger partial charge is 0.412 e. The zero-order valence-electron chi connectivity index (χ0n) is 11.9. The number of anilines is 2. The number of ether oxygens (including phenoxy) is 1. The van der Waals surface area contributed by atoms with Gasteiger partial charge in [-0.25, -0.2) is 4.79 Å². The van der Waals surface area contributed by atoms with Crippen molar-refractivity contribution in [3.63, 3.8) is 0 Å². The van der Waals surface area contributed by atoms with Gasteiger partial charge in [0.05, 0.1) is 11.4 Å². The Morgan fingerprint density at radius 3 is 2.47 bits per heavy atom. The molecule has 1 amide bonds. The van der Waals surface area contributed by atoms with Gasteiger partial charge >= 0.3 is 6.09 Å². The van der Waals surface area contributed by atoms with Crippen molar-refractivity contribution in [1.82, 2.24) is 0 Å². The van der Waals surface area contributed by atoms with Crippen molar-refractivity contribution in [1.29, 1.82) is 0 Å². The number of nitrogens with zero attached hydrogens (tertiary/aromatic N) is 1. The maximum Gasteiger partial charge on any atom is 0.412 e. The molecular weight excluding hydrogens is 240 g/mol. The lowest BCUT2D eigenvalue weighted by Gasteiger charge is -2.23. The lowest BCUT2D eigenvalue weighted by molar-refractivity contribution is 0.0636. The molecule has 1 fully saturated rings. The Labute approximate surface area is 114 Å². The number of carbonyl (C=O) groups is 1. The third-order valence-corrected chi connectivity index (χ3v) is 2.99.